The Morgan fingerprint density at radius 2 is 1.62 bits per heavy atom. The molecule has 0 aromatic heterocycles. The number of carbonyl (C=O) groups is 4. The minimum Gasteiger partial charge on any atom is -0.481 e. The number of hydrogen-bond acceptors (Lipinski definition) is 7. The van der Waals surface area contributed by atoms with Crippen LogP contribution in [0.5, 0.6) is 0 Å². The second kappa shape index (κ2) is 14.5. The summed E-state index contributed by atoms with van der Waals surface area (Å²) in [5.41, 5.74) is 16.2. The van der Waals surface area contributed by atoms with Gasteiger partial charge in [-0.2, -0.15) is 11.8 Å². The van der Waals surface area contributed by atoms with Gasteiger partial charge >= 0.3 is 11.9 Å². The molecule has 10 N–H and O–H groups in total. The molecule has 166 valence electrons. The summed E-state index contributed by atoms with van der Waals surface area (Å²) >= 11 is 1.42. The van der Waals surface area contributed by atoms with Crippen molar-refractivity contribution in [2.75, 3.05) is 18.6 Å². The number of nitrogens with zero attached hydrogens (tertiary/aromatic N) is 1. The quantitative estimate of drug-likeness (QED) is 0.0855. The summed E-state index contributed by atoms with van der Waals surface area (Å²) in [4.78, 5) is 50.6. The number of amides is 2. The summed E-state index contributed by atoms with van der Waals surface area (Å²) < 4.78 is 0. The maximum absolute atomic E-state index is 12.5. The van der Waals surface area contributed by atoms with E-state index in [1.165, 1.54) is 11.8 Å². The Labute approximate surface area is 173 Å². The van der Waals surface area contributed by atoms with E-state index in [2.05, 4.69) is 15.6 Å². The first kappa shape index (κ1) is 26.5. The number of carbonyl (C=O) groups excluding carboxylic acids is 2. The Morgan fingerprint density at radius 3 is 2.14 bits per heavy atom. The second-order valence-corrected chi connectivity index (χ2v) is 7.22. The van der Waals surface area contributed by atoms with Crippen molar-refractivity contribution in [2.45, 2.75) is 50.2 Å². The lowest BCUT2D eigenvalue weighted by Crippen LogP contribution is -2.54. The van der Waals surface area contributed by atoms with Crippen LogP contribution in [0.25, 0.3) is 0 Å². The van der Waals surface area contributed by atoms with E-state index in [4.69, 9.17) is 22.3 Å². The highest BCUT2D eigenvalue weighted by Crippen LogP contribution is 2.05. The molecule has 3 atom stereocenters. The van der Waals surface area contributed by atoms with Gasteiger partial charge in [0.15, 0.2) is 5.96 Å². The minimum absolute atomic E-state index is 0.0807. The van der Waals surface area contributed by atoms with Gasteiger partial charge in [0.25, 0.3) is 0 Å². The van der Waals surface area contributed by atoms with Crippen molar-refractivity contribution >= 4 is 41.5 Å². The number of carboxylic acid groups (broad SMARTS) is 2. The summed E-state index contributed by atoms with van der Waals surface area (Å²) in [6.45, 7) is 0.280. The van der Waals surface area contributed by atoms with Gasteiger partial charge in [-0.05, 0) is 37.7 Å². The summed E-state index contributed by atoms with van der Waals surface area (Å²) in [5.74, 6) is -3.38. The molecule has 0 aliphatic heterocycles. The van der Waals surface area contributed by atoms with Gasteiger partial charge in [0.2, 0.25) is 11.8 Å². The van der Waals surface area contributed by atoms with Gasteiger partial charge in [0.05, 0.1) is 6.04 Å². The molecule has 0 bridgehead atoms. The van der Waals surface area contributed by atoms with Gasteiger partial charge < -0.3 is 38.0 Å². The van der Waals surface area contributed by atoms with E-state index >= 15 is 0 Å². The molecule has 0 radical (unpaired) electrons. The average molecular weight is 435 g/mol. The summed E-state index contributed by atoms with van der Waals surface area (Å²) in [6.07, 6.45) is 2.05. The van der Waals surface area contributed by atoms with Crippen LogP contribution in [-0.4, -0.2) is 76.6 Å². The van der Waals surface area contributed by atoms with Crippen LogP contribution in [0, 0.1) is 0 Å². The summed E-state index contributed by atoms with van der Waals surface area (Å²) in [7, 11) is 0. The van der Waals surface area contributed by atoms with E-state index in [0.717, 1.165) is 0 Å². The van der Waals surface area contributed by atoms with Crippen LogP contribution in [-0.2, 0) is 19.2 Å². The first-order chi connectivity index (χ1) is 13.6. The second-order valence-electron chi connectivity index (χ2n) is 6.23. The van der Waals surface area contributed by atoms with Crippen molar-refractivity contribution < 1.29 is 29.4 Å². The average Bonchev–Trinajstić information content (AvgIpc) is 2.64. The van der Waals surface area contributed by atoms with E-state index < -0.39 is 41.9 Å². The highest BCUT2D eigenvalue weighted by Gasteiger charge is 2.28. The molecule has 0 rings (SSSR count). The summed E-state index contributed by atoms with van der Waals surface area (Å²) in [6, 6.07) is -3.33. The smallest absolute Gasteiger partial charge is 0.326 e. The Balaban J connectivity index is 4.94. The van der Waals surface area contributed by atoms with Crippen molar-refractivity contribution in [3.63, 3.8) is 0 Å². The van der Waals surface area contributed by atoms with E-state index in [9.17, 15) is 24.3 Å². The molecule has 0 aromatic rings. The van der Waals surface area contributed by atoms with Gasteiger partial charge in [0, 0.05) is 13.0 Å². The van der Waals surface area contributed by atoms with Crippen molar-refractivity contribution in [3.8, 4) is 0 Å². The maximum Gasteiger partial charge on any atom is 0.326 e. The third-order valence-electron chi connectivity index (χ3n) is 3.81. The highest BCUT2D eigenvalue weighted by molar-refractivity contribution is 7.98. The van der Waals surface area contributed by atoms with Crippen molar-refractivity contribution in [2.24, 2.45) is 22.2 Å². The standard InChI is InChI=1S/C16H30N6O6S/c1-29-8-6-11(15(27)28)22-14(26)10(4-5-12(23)24)21-13(25)9(17)3-2-7-20-16(18)19/h9-11H,2-8,17H2,1H3,(H,21,25)(H,22,26)(H,23,24)(H,27,28)(H4,18,19,20). The Kier molecular flexibility index (Phi) is 13.2. The normalized spacial score (nSPS) is 13.6. The Hall–Kier alpha value is -2.54. The number of guanidine groups is 1. The molecule has 3 unspecified atom stereocenters. The first-order valence-corrected chi connectivity index (χ1v) is 10.3. The van der Waals surface area contributed by atoms with E-state index in [1.807, 2.05) is 0 Å². The van der Waals surface area contributed by atoms with Crippen molar-refractivity contribution in [3.05, 3.63) is 0 Å². The Bertz CT molecular complexity index is 598. The van der Waals surface area contributed by atoms with Crippen LogP contribution in [0.1, 0.15) is 32.1 Å². The lowest BCUT2D eigenvalue weighted by Gasteiger charge is -2.22. The fourth-order valence-electron chi connectivity index (χ4n) is 2.23. The minimum atomic E-state index is -1.22. The molecule has 0 aliphatic rings. The molecule has 0 aromatic carbocycles. The zero-order chi connectivity index (χ0) is 22.4. The van der Waals surface area contributed by atoms with Gasteiger partial charge in [-0.3, -0.25) is 19.4 Å². The number of aliphatic carboxylic acids is 2. The predicted molar refractivity (Wildman–Crippen MR) is 109 cm³/mol. The molecule has 0 saturated heterocycles. The van der Waals surface area contributed by atoms with E-state index in [0.29, 0.717) is 12.2 Å². The van der Waals surface area contributed by atoms with Crippen LogP contribution in [0.15, 0.2) is 4.99 Å². The lowest BCUT2D eigenvalue weighted by molar-refractivity contribution is -0.143. The first-order valence-electron chi connectivity index (χ1n) is 8.93. The number of aliphatic imine (C=N–C) groups is 1. The van der Waals surface area contributed by atoms with E-state index in [-0.39, 0.29) is 38.2 Å². The van der Waals surface area contributed by atoms with Gasteiger partial charge in [-0.15, -0.1) is 0 Å². The fraction of sp³-hybridized carbons (Fsp3) is 0.688. The number of carboxylic acids is 2. The molecule has 2 amide bonds. The van der Waals surface area contributed by atoms with Crippen LogP contribution in [0.4, 0.5) is 0 Å². The molecule has 0 spiro atoms. The van der Waals surface area contributed by atoms with Crippen molar-refractivity contribution in [1.82, 2.24) is 10.6 Å². The predicted octanol–water partition coefficient (Wildman–Crippen LogP) is -1.96. The molecule has 0 fully saturated rings. The van der Waals surface area contributed by atoms with Gasteiger partial charge in [-0.25, -0.2) is 4.79 Å². The van der Waals surface area contributed by atoms with Crippen LogP contribution >= 0.6 is 11.8 Å². The van der Waals surface area contributed by atoms with Gasteiger partial charge in [-0.1, -0.05) is 0 Å². The van der Waals surface area contributed by atoms with Crippen LogP contribution < -0.4 is 27.8 Å². The van der Waals surface area contributed by atoms with Crippen LogP contribution in [0.2, 0.25) is 0 Å². The monoisotopic (exact) mass is 434 g/mol. The molecular weight excluding hydrogens is 404 g/mol. The lowest BCUT2D eigenvalue weighted by atomic mass is 10.1. The number of nitrogens with two attached hydrogens (primary N) is 3. The largest absolute Gasteiger partial charge is 0.481 e. The third-order valence-corrected chi connectivity index (χ3v) is 4.45. The van der Waals surface area contributed by atoms with Crippen molar-refractivity contribution in [1.29, 1.82) is 0 Å². The number of nitrogens with one attached hydrogen (secondary N) is 2. The topological polar surface area (TPSA) is 223 Å². The third kappa shape index (κ3) is 12.5. The molecule has 0 saturated carbocycles. The highest BCUT2D eigenvalue weighted by atomic mass is 32.2. The number of rotatable bonds is 15. The van der Waals surface area contributed by atoms with Crippen LogP contribution in [0.3, 0.4) is 0 Å². The maximum atomic E-state index is 12.5. The van der Waals surface area contributed by atoms with E-state index in [1.54, 1.807) is 6.26 Å². The zero-order valence-corrected chi connectivity index (χ0v) is 17.1. The Morgan fingerprint density at radius 1 is 1.00 bits per heavy atom. The molecule has 0 heterocycles. The zero-order valence-electron chi connectivity index (χ0n) is 16.3. The number of hydrogen-bond donors (Lipinski definition) is 7. The molecule has 12 nitrogen and oxygen atoms in total. The number of thioether (sulfide) groups is 1. The summed E-state index contributed by atoms with van der Waals surface area (Å²) in [5, 5.41) is 22.8. The molecule has 13 heteroatoms. The SMILES string of the molecule is CSCCC(NC(=O)C(CCC(=O)O)NC(=O)C(N)CCCN=C(N)N)C(=O)O. The van der Waals surface area contributed by atoms with Gasteiger partial charge in [0.1, 0.15) is 12.1 Å². The molecule has 29 heavy (non-hydrogen) atoms. The molecule has 0 aliphatic carbocycles. The molecular formula is C16H30N6O6S. The fourth-order valence-corrected chi connectivity index (χ4v) is 2.70.